The summed E-state index contributed by atoms with van der Waals surface area (Å²) in [5, 5.41) is 1.14. The maximum atomic E-state index is 14.5. The zero-order chi connectivity index (χ0) is 33.4. The molecule has 7 nitrogen and oxygen atoms in total. The summed E-state index contributed by atoms with van der Waals surface area (Å²) in [5.41, 5.74) is 4.72. The van der Waals surface area contributed by atoms with E-state index < -0.39 is 5.69 Å². The smallest absolute Gasteiger partial charge is 0.347 e. The molecule has 1 aliphatic heterocycles. The maximum absolute atomic E-state index is 14.5. The highest BCUT2D eigenvalue weighted by Gasteiger charge is 2.34. The average molecular weight is 612 g/mol. The molecule has 0 unspecified atom stereocenters. The molecule has 228 valence electrons. The monoisotopic (exact) mass is 611 g/mol. The van der Waals surface area contributed by atoms with Gasteiger partial charge in [0.15, 0.2) is 0 Å². The highest BCUT2D eigenvalue weighted by atomic mass is 35.5. The number of carbonyl (C=O) groups is 1. The van der Waals surface area contributed by atoms with Crippen molar-refractivity contribution in [3.8, 4) is 16.8 Å². The molecule has 5 rings (SSSR count). The van der Waals surface area contributed by atoms with Crippen LogP contribution in [0.15, 0.2) is 72.6 Å². The minimum absolute atomic E-state index is 0.0241. The van der Waals surface area contributed by atoms with Crippen LogP contribution in [0, 0.1) is 0 Å². The molecule has 1 aliphatic rings. The number of amides is 1. The quantitative estimate of drug-likeness (QED) is 0.201. The summed E-state index contributed by atoms with van der Waals surface area (Å²) in [6, 6.07) is 12.9. The van der Waals surface area contributed by atoms with Crippen molar-refractivity contribution in [1.29, 1.82) is 0 Å². The highest BCUT2D eigenvalue weighted by Crippen LogP contribution is 2.40. The summed E-state index contributed by atoms with van der Waals surface area (Å²) in [4.78, 5) is 40.3. The van der Waals surface area contributed by atoms with Gasteiger partial charge in [0.05, 0.1) is 19.6 Å². The van der Waals surface area contributed by atoms with Crippen LogP contribution in [0.4, 0.5) is 5.82 Å². The third-order valence-electron chi connectivity index (χ3n) is 8.39. The number of rotatable bonds is 7. The molecule has 2 atom stereocenters. The van der Waals surface area contributed by atoms with Crippen molar-refractivity contribution in [2.45, 2.75) is 65.5 Å². The van der Waals surface area contributed by atoms with Crippen LogP contribution >= 0.6 is 11.6 Å². The number of aromatic nitrogens is 3. The third kappa shape index (κ3) is 5.45. The van der Waals surface area contributed by atoms with E-state index in [0.717, 1.165) is 16.8 Å². The molecule has 0 saturated carbocycles. The molecule has 3 heterocycles. The van der Waals surface area contributed by atoms with Gasteiger partial charge < -0.3 is 9.80 Å². The van der Waals surface area contributed by atoms with Crippen molar-refractivity contribution in [2.75, 3.05) is 18.0 Å². The predicted octanol–water partition coefficient (Wildman–Crippen LogP) is 7.60. The third-order valence-corrected chi connectivity index (χ3v) is 8.71. The average Bonchev–Trinajstić information content (AvgIpc) is 3.00. The van der Waals surface area contributed by atoms with Gasteiger partial charge in [-0.05, 0) is 66.6 Å². The normalized spacial score (nSPS) is 17.6. The molecular weight excluding hydrogens is 570 g/mol. The van der Waals surface area contributed by atoms with Gasteiger partial charge in [0, 0.05) is 47.3 Å². The van der Waals surface area contributed by atoms with Gasteiger partial charge in [0.25, 0.3) is 0 Å². The van der Waals surface area contributed by atoms with Crippen LogP contribution in [-0.2, 0) is 4.79 Å². The predicted molar refractivity (Wildman–Crippen MR) is 182 cm³/mol. The van der Waals surface area contributed by atoms with Crippen LogP contribution in [0.25, 0.3) is 33.8 Å². The van der Waals surface area contributed by atoms with Gasteiger partial charge in [-0.3, -0.25) is 14.3 Å². The van der Waals surface area contributed by atoms with E-state index in [1.165, 1.54) is 12.2 Å². The fraction of sp³-hybridized carbons (Fsp3) is 0.333. The second-order valence-electron chi connectivity index (χ2n) is 12.1. The Bertz CT molecular complexity index is 1880. The zero-order valence-electron chi connectivity index (χ0n) is 28.1. The number of benzene rings is 2. The number of pyridine rings is 1. The molecule has 8 heteroatoms. The van der Waals surface area contributed by atoms with Gasteiger partial charge >= 0.3 is 5.69 Å². The van der Waals surface area contributed by atoms with E-state index in [9.17, 15) is 9.59 Å². The molecule has 1 fully saturated rings. The molecule has 0 N–H and O–H groups in total. The summed E-state index contributed by atoms with van der Waals surface area (Å²) in [6.07, 6.45) is 4.60. The molecule has 0 aliphatic carbocycles. The number of nitrogens with zero attached hydrogens (tertiary/aromatic N) is 5. The fourth-order valence-corrected chi connectivity index (χ4v) is 6.65. The Kier molecular flexibility index (Phi) is 8.05. The van der Waals surface area contributed by atoms with Crippen molar-refractivity contribution in [1.82, 2.24) is 19.4 Å². The number of halogens is 1. The van der Waals surface area contributed by atoms with E-state index >= 15 is 0 Å². The van der Waals surface area contributed by atoms with Crippen LogP contribution in [0.1, 0.15) is 72.9 Å². The first-order chi connectivity index (χ1) is 21.8. The van der Waals surface area contributed by atoms with E-state index in [-0.39, 0.29) is 36.4 Å². The summed E-state index contributed by atoms with van der Waals surface area (Å²) in [7, 11) is 0. The van der Waals surface area contributed by atoms with Gasteiger partial charge in [-0.25, -0.2) is 4.79 Å². The topological polar surface area (TPSA) is 71.3 Å². The fourth-order valence-electron chi connectivity index (χ4n) is 6.38. The number of hydrogen-bond acceptors (Lipinski definition) is 5. The molecule has 0 spiro atoms. The van der Waals surface area contributed by atoms with Crippen LogP contribution in [0.5, 0.6) is 0 Å². The Morgan fingerprint density at radius 2 is 1.77 bits per heavy atom. The molecule has 2 aromatic carbocycles. The Balaban J connectivity index is 1.89. The first kappa shape index (κ1) is 28.5. The highest BCUT2D eigenvalue weighted by molar-refractivity contribution is 6.34. The van der Waals surface area contributed by atoms with Gasteiger partial charge in [-0.15, -0.1) is 0 Å². The molecule has 1 saturated heterocycles. The SMILES string of the molecule is [2H]C([2H])=Cc1ccccc1-c1cc2c(cc1Cl)c(N1[C@@H](C)CN(C(=O)C=C)C[C@@H]1C)nc(=O)n2-c1c(C(C)C)ccnc1C(C)C. The number of carbonyl (C=O) groups excluding carboxylic acids is 1. The number of hydrogen-bond donors (Lipinski definition) is 0. The Morgan fingerprint density at radius 1 is 1.07 bits per heavy atom. The standard InChI is InChI=1S/C36H40ClN5O2/c1-9-25-13-11-12-14-27(25)28-18-31-29(17-30(28)37)35(41-23(7)19-40(20-24(41)8)32(43)10-2)39-36(44)42(31)34-26(21(3)4)15-16-38-33(34)22(5)6/h9-18,21-24H,1-2,19-20H2,3-8H3/t23-,24-/m0/s1/i1D2. The molecule has 4 aromatic rings. The van der Waals surface area contributed by atoms with Crippen molar-refractivity contribution in [2.24, 2.45) is 0 Å². The van der Waals surface area contributed by atoms with E-state index in [0.29, 0.717) is 51.6 Å². The summed E-state index contributed by atoms with van der Waals surface area (Å²) in [5.74, 6) is 0.493. The van der Waals surface area contributed by atoms with E-state index in [4.69, 9.17) is 24.3 Å². The van der Waals surface area contributed by atoms with Gasteiger partial charge in [0.1, 0.15) is 5.82 Å². The lowest BCUT2D eigenvalue weighted by Gasteiger charge is -2.45. The van der Waals surface area contributed by atoms with Gasteiger partial charge in [-0.2, -0.15) is 4.98 Å². The second-order valence-corrected chi connectivity index (χ2v) is 12.5. The summed E-state index contributed by atoms with van der Waals surface area (Å²) < 4.78 is 17.3. The number of fused-ring (bicyclic) bond motifs is 1. The Hall–Kier alpha value is -4.23. The van der Waals surface area contributed by atoms with Crippen molar-refractivity contribution in [3.05, 3.63) is 100 Å². The molecule has 2 aromatic heterocycles. The molecule has 44 heavy (non-hydrogen) atoms. The molecule has 0 radical (unpaired) electrons. The lowest BCUT2D eigenvalue weighted by molar-refractivity contribution is -0.127. The van der Waals surface area contributed by atoms with Crippen LogP contribution in [0.3, 0.4) is 0 Å². The van der Waals surface area contributed by atoms with Crippen LogP contribution in [0.2, 0.25) is 5.02 Å². The maximum Gasteiger partial charge on any atom is 0.354 e. The van der Waals surface area contributed by atoms with Crippen LogP contribution < -0.4 is 10.6 Å². The lowest BCUT2D eigenvalue weighted by Crippen LogP contribution is -2.58. The Labute approximate surface area is 267 Å². The Morgan fingerprint density at radius 3 is 2.41 bits per heavy atom. The molecular formula is C36H40ClN5O2. The lowest BCUT2D eigenvalue weighted by atomic mass is 9.95. The minimum Gasteiger partial charge on any atom is -0.347 e. The van der Waals surface area contributed by atoms with E-state index in [1.54, 1.807) is 15.7 Å². The van der Waals surface area contributed by atoms with Crippen molar-refractivity contribution in [3.63, 3.8) is 0 Å². The number of anilines is 1. The van der Waals surface area contributed by atoms with Gasteiger partial charge in [0.2, 0.25) is 5.91 Å². The van der Waals surface area contributed by atoms with Gasteiger partial charge in [-0.1, -0.05) is 82.7 Å². The van der Waals surface area contributed by atoms with E-state index in [1.807, 2.05) is 56.3 Å². The first-order valence-electron chi connectivity index (χ1n) is 16.0. The summed E-state index contributed by atoms with van der Waals surface area (Å²) in [6.45, 7) is 16.6. The largest absolute Gasteiger partial charge is 0.354 e. The second kappa shape index (κ2) is 12.4. The molecule has 1 amide bonds. The number of piperazine rings is 1. The van der Waals surface area contributed by atoms with Crippen molar-refractivity contribution >= 4 is 40.3 Å². The molecule has 0 bridgehead atoms. The van der Waals surface area contributed by atoms with Crippen LogP contribution in [-0.4, -0.2) is 50.5 Å². The van der Waals surface area contributed by atoms with E-state index in [2.05, 4.69) is 39.2 Å². The summed E-state index contributed by atoms with van der Waals surface area (Å²) >= 11 is 7.09. The first-order valence-corrected chi connectivity index (χ1v) is 15.4. The minimum atomic E-state index is -0.440. The zero-order valence-corrected chi connectivity index (χ0v) is 26.9. The van der Waals surface area contributed by atoms with Crippen molar-refractivity contribution < 1.29 is 7.54 Å².